The van der Waals surface area contributed by atoms with E-state index in [1.165, 1.54) is 36.4 Å². The van der Waals surface area contributed by atoms with E-state index in [1.54, 1.807) is 36.4 Å². The lowest BCUT2D eigenvalue weighted by atomic mass is 10.1. The molecule has 0 aliphatic carbocycles. The summed E-state index contributed by atoms with van der Waals surface area (Å²) < 4.78 is 29.9. The molecule has 1 aliphatic heterocycles. The molecule has 0 bridgehead atoms. The molecule has 0 N–H and O–H groups in total. The third-order valence-electron chi connectivity index (χ3n) is 4.82. The molecule has 0 aromatic heterocycles. The summed E-state index contributed by atoms with van der Waals surface area (Å²) in [6.45, 7) is 2.41. The SMILES string of the molecule is CCOc1cc(/C=C2/N=C(c3ccc(F)cc3)OC2=O)ccc1OCc1ccc([N+](=O)[O-])cc1. The van der Waals surface area contributed by atoms with E-state index in [1.807, 2.05) is 6.92 Å². The van der Waals surface area contributed by atoms with Crippen molar-refractivity contribution in [2.45, 2.75) is 13.5 Å². The van der Waals surface area contributed by atoms with Crippen LogP contribution >= 0.6 is 0 Å². The van der Waals surface area contributed by atoms with Crippen LogP contribution < -0.4 is 9.47 Å². The Morgan fingerprint density at radius 1 is 1.03 bits per heavy atom. The van der Waals surface area contributed by atoms with Gasteiger partial charge in [-0.3, -0.25) is 10.1 Å². The van der Waals surface area contributed by atoms with Gasteiger partial charge in [-0.05, 0) is 72.7 Å². The van der Waals surface area contributed by atoms with E-state index in [4.69, 9.17) is 14.2 Å². The molecule has 34 heavy (non-hydrogen) atoms. The van der Waals surface area contributed by atoms with Gasteiger partial charge in [0, 0.05) is 17.7 Å². The lowest BCUT2D eigenvalue weighted by molar-refractivity contribution is -0.384. The van der Waals surface area contributed by atoms with E-state index in [-0.39, 0.29) is 23.9 Å². The van der Waals surface area contributed by atoms with Crippen molar-refractivity contribution in [3.63, 3.8) is 0 Å². The van der Waals surface area contributed by atoms with Crippen LogP contribution in [-0.2, 0) is 16.1 Å². The van der Waals surface area contributed by atoms with E-state index < -0.39 is 16.7 Å². The van der Waals surface area contributed by atoms with Crippen LogP contribution in [0.15, 0.2) is 77.4 Å². The summed E-state index contributed by atoms with van der Waals surface area (Å²) in [4.78, 5) is 26.8. The molecule has 0 saturated heterocycles. The van der Waals surface area contributed by atoms with Gasteiger partial charge in [0.1, 0.15) is 12.4 Å². The van der Waals surface area contributed by atoms with Crippen LogP contribution in [0.1, 0.15) is 23.6 Å². The summed E-state index contributed by atoms with van der Waals surface area (Å²) in [5.74, 6) is 0.0311. The third kappa shape index (κ3) is 5.26. The number of ether oxygens (including phenoxy) is 3. The smallest absolute Gasteiger partial charge is 0.363 e. The number of halogens is 1. The number of nitro benzene ring substituents is 1. The van der Waals surface area contributed by atoms with Crippen LogP contribution in [0.5, 0.6) is 11.5 Å². The summed E-state index contributed by atoms with van der Waals surface area (Å²) in [5.41, 5.74) is 1.99. The zero-order valence-electron chi connectivity index (χ0n) is 18.1. The van der Waals surface area contributed by atoms with Gasteiger partial charge in [0.05, 0.1) is 11.5 Å². The standard InChI is InChI=1S/C25H19FN2O6/c1-2-32-23-14-17(5-12-22(23)33-15-16-3-10-20(11-4-16)28(30)31)13-21-25(29)34-24(27-21)18-6-8-19(26)9-7-18/h3-14H,2,15H2,1H3/b21-13+. The molecular weight excluding hydrogens is 443 g/mol. The van der Waals surface area contributed by atoms with E-state index in [2.05, 4.69) is 4.99 Å². The fourth-order valence-electron chi connectivity index (χ4n) is 3.16. The summed E-state index contributed by atoms with van der Waals surface area (Å²) in [7, 11) is 0. The van der Waals surface area contributed by atoms with Crippen molar-refractivity contribution in [2.75, 3.05) is 6.61 Å². The predicted molar refractivity (Wildman–Crippen MR) is 122 cm³/mol. The number of nitrogens with zero attached hydrogens (tertiary/aromatic N) is 2. The first-order chi connectivity index (χ1) is 16.4. The molecule has 0 spiro atoms. The van der Waals surface area contributed by atoms with Crippen molar-refractivity contribution in [3.05, 3.63) is 105 Å². The van der Waals surface area contributed by atoms with Gasteiger partial charge in [0.15, 0.2) is 17.2 Å². The molecule has 9 heteroatoms. The first-order valence-electron chi connectivity index (χ1n) is 10.3. The van der Waals surface area contributed by atoms with Crippen molar-refractivity contribution < 1.29 is 28.3 Å². The molecule has 0 radical (unpaired) electrons. The number of aliphatic imine (C=N–C) groups is 1. The largest absolute Gasteiger partial charge is 0.490 e. The number of non-ortho nitro benzene ring substituents is 1. The van der Waals surface area contributed by atoms with Crippen LogP contribution in [-0.4, -0.2) is 23.4 Å². The van der Waals surface area contributed by atoms with Gasteiger partial charge in [0.2, 0.25) is 5.90 Å². The molecule has 8 nitrogen and oxygen atoms in total. The Morgan fingerprint density at radius 3 is 2.44 bits per heavy atom. The van der Waals surface area contributed by atoms with Gasteiger partial charge in [-0.25, -0.2) is 14.2 Å². The second-order valence-electron chi connectivity index (χ2n) is 7.19. The highest BCUT2D eigenvalue weighted by Gasteiger charge is 2.24. The number of hydrogen-bond acceptors (Lipinski definition) is 7. The van der Waals surface area contributed by atoms with Crippen LogP contribution in [0.4, 0.5) is 10.1 Å². The van der Waals surface area contributed by atoms with Crippen LogP contribution in [0, 0.1) is 15.9 Å². The molecule has 0 fully saturated rings. The summed E-state index contributed by atoms with van der Waals surface area (Å²) >= 11 is 0. The van der Waals surface area contributed by atoms with Crippen LogP contribution in [0.3, 0.4) is 0 Å². The van der Waals surface area contributed by atoms with Crippen molar-refractivity contribution in [2.24, 2.45) is 4.99 Å². The number of esters is 1. The topological polar surface area (TPSA) is 100 Å². The maximum atomic E-state index is 13.1. The van der Waals surface area contributed by atoms with Gasteiger partial charge in [0.25, 0.3) is 5.69 Å². The molecule has 4 rings (SSSR count). The van der Waals surface area contributed by atoms with Crippen molar-refractivity contribution in [1.29, 1.82) is 0 Å². The second kappa shape index (κ2) is 9.95. The van der Waals surface area contributed by atoms with E-state index in [9.17, 15) is 19.3 Å². The quantitative estimate of drug-likeness (QED) is 0.201. The van der Waals surface area contributed by atoms with Crippen molar-refractivity contribution in [3.8, 4) is 11.5 Å². The lowest BCUT2D eigenvalue weighted by Crippen LogP contribution is -2.05. The zero-order valence-corrected chi connectivity index (χ0v) is 18.1. The van der Waals surface area contributed by atoms with Gasteiger partial charge < -0.3 is 14.2 Å². The van der Waals surface area contributed by atoms with Crippen LogP contribution in [0.25, 0.3) is 6.08 Å². The minimum absolute atomic E-state index is 0.00632. The fraction of sp³-hybridized carbons (Fsp3) is 0.120. The Bertz CT molecular complexity index is 1280. The number of rotatable bonds is 8. The predicted octanol–water partition coefficient (Wildman–Crippen LogP) is 5.06. The summed E-state index contributed by atoms with van der Waals surface area (Å²) in [6, 6.07) is 16.7. The Kier molecular flexibility index (Phi) is 6.63. The maximum Gasteiger partial charge on any atom is 0.363 e. The Balaban J connectivity index is 1.52. The van der Waals surface area contributed by atoms with Crippen molar-refractivity contribution >= 4 is 23.6 Å². The average Bonchev–Trinajstić information content (AvgIpc) is 3.19. The summed E-state index contributed by atoms with van der Waals surface area (Å²) in [6.07, 6.45) is 1.56. The summed E-state index contributed by atoms with van der Waals surface area (Å²) in [5, 5.41) is 10.8. The lowest BCUT2D eigenvalue weighted by Gasteiger charge is -2.13. The minimum Gasteiger partial charge on any atom is -0.490 e. The van der Waals surface area contributed by atoms with Gasteiger partial charge in [-0.15, -0.1) is 0 Å². The number of cyclic esters (lactones) is 1. The first-order valence-corrected chi connectivity index (χ1v) is 10.3. The van der Waals surface area contributed by atoms with E-state index in [0.29, 0.717) is 29.2 Å². The molecule has 3 aromatic rings. The Morgan fingerprint density at radius 2 is 1.76 bits per heavy atom. The second-order valence-corrected chi connectivity index (χ2v) is 7.19. The fourth-order valence-corrected chi connectivity index (χ4v) is 3.16. The van der Waals surface area contributed by atoms with E-state index >= 15 is 0 Å². The highest BCUT2D eigenvalue weighted by molar-refractivity contribution is 6.12. The molecule has 0 unspecified atom stereocenters. The number of nitro groups is 1. The van der Waals surface area contributed by atoms with Gasteiger partial charge in [-0.1, -0.05) is 6.07 Å². The highest BCUT2D eigenvalue weighted by Crippen LogP contribution is 2.31. The monoisotopic (exact) mass is 462 g/mol. The molecule has 172 valence electrons. The highest BCUT2D eigenvalue weighted by atomic mass is 19.1. The number of carbonyl (C=O) groups excluding carboxylic acids is 1. The molecule has 1 aliphatic rings. The molecular formula is C25H19FN2O6. The van der Waals surface area contributed by atoms with Gasteiger partial charge >= 0.3 is 5.97 Å². The Labute approximate surface area is 194 Å². The molecule has 3 aromatic carbocycles. The first kappa shape index (κ1) is 22.7. The third-order valence-corrected chi connectivity index (χ3v) is 4.82. The van der Waals surface area contributed by atoms with Crippen molar-refractivity contribution in [1.82, 2.24) is 0 Å². The minimum atomic E-state index is -0.615. The number of benzene rings is 3. The van der Waals surface area contributed by atoms with Crippen LogP contribution in [0.2, 0.25) is 0 Å². The number of hydrogen-bond donors (Lipinski definition) is 0. The molecule has 0 amide bonds. The normalized spacial score (nSPS) is 14.0. The average molecular weight is 462 g/mol. The molecule has 1 heterocycles. The molecule has 0 atom stereocenters. The van der Waals surface area contributed by atoms with E-state index in [0.717, 1.165) is 5.56 Å². The zero-order chi connectivity index (χ0) is 24.1. The Hall–Kier alpha value is -4.53. The number of carbonyl (C=O) groups is 1. The maximum absolute atomic E-state index is 13.1. The molecule has 0 saturated carbocycles. The van der Waals surface area contributed by atoms with Gasteiger partial charge in [-0.2, -0.15) is 0 Å².